The summed E-state index contributed by atoms with van der Waals surface area (Å²) in [7, 11) is 1.64. The van der Waals surface area contributed by atoms with Gasteiger partial charge in [0.2, 0.25) is 0 Å². The first kappa shape index (κ1) is 15.6. The Balaban J connectivity index is 1.79. The number of aromatic nitrogens is 1. The van der Waals surface area contributed by atoms with Crippen LogP contribution in [0.2, 0.25) is 0 Å². The van der Waals surface area contributed by atoms with Crippen LogP contribution in [0.3, 0.4) is 0 Å². The van der Waals surface area contributed by atoms with Crippen molar-refractivity contribution in [1.29, 1.82) is 0 Å². The first-order chi connectivity index (χ1) is 12.2. The molecular weight excluding hydrogens is 312 g/mol. The van der Waals surface area contributed by atoms with E-state index < -0.39 is 0 Å². The molecule has 1 aliphatic rings. The SMILES string of the molecule is COc1ccc2nc(C)c(C(=O)N3CCCc4ccccc43)cc2c1. The van der Waals surface area contributed by atoms with Crippen LogP contribution in [0.1, 0.15) is 28.0 Å². The molecule has 126 valence electrons. The van der Waals surface area contributed by atoms with Crippen LogP contribution in [0.5, 0.6) is 5.75 Å². The lowest BCUT2D eigenvalue weighted by Gasteiger charge is -2.29. The maximum Gasteiger partial charge on any atom is 0.260 e. The normalized spacial score (nSPS) is 13.6. The monoisotopic (exact) mass is 332 g/mol. The molecule has 4 heteroatoms. The van der Waals surface area contributed by atoms with Gasteiger partial charge in [0.15, 0.2) is 0 Å². The summed E-state index contributed by atoms with van der Waals surface area (Å²) in [5.41, 5.74) is 4.52. The summed E-state index contributed by atoms with van der Waals surface area (Å²) in [5.74, 6) is 0.779. The molecule has 0 spiro atoms. The molecule has 0 N–H and O–H groups in total. The van der Waals surface area contributed by atoms with Gasteiger partial charge in [-0.15, -0.1) is 0 Å². The van der Waals surface area contributed by atoms with Gasteiger partial charge in [0.1, 0.15) is 5.75 Å². The molecule has 0 saturated carbocycles. The summed E-state index contributed by atoms with van der Waals surface area (Å²) in [6.45, 7) is 2.64. The number of carbonyl (C=O) groups excluding carboxylic acids is 1. The number of anilines is 1. The van der Waals surface area contributed by atoms with Crippen molar-refractivity contribution in [3.05, 3.63) is 65.4 Å². The fourth-order valence-electron chi connectivity index (χ4n) is 3.48. The number of benzene rings is 2. The number of hydrogen-bond donors (Lipinski definition) is 0. The molecule has 0 saturated heterocycles. The van der Waals surface area contributed by atoms with E-state index in [1.165, 1.54) is 5.56 Å². The number of pyridine rings is 1. The van der Waals surface area contributed by atoms with Crippen molar-refractivity contribution in [3.8, 4) is 5.75 Å². The van der Waals surface area contributed by atoms with Crippen molar-refractivity contribution in [2.75, 3.05) is 18.6 Å². The Bertz CT molecular complexity index is 965. The summed E-state index contributed by atoms with van der Waals surface area (Å²) < 4.78 is 5.29. The minimum absolute atomic E-state index is 0.0156. The van der Waals surface area contributed by atoms with E-state index in [9.17, 15) is 4.79 Å². The Morgan fingerprint density at radius 2 is 2.00 bits per heavy atom. The molecule has 2 heterocycles. The molecule has 0 fully saturated rings. The predicted molar refractivity (Wildman–Crippen MR) is 99.5 cm³/mol. The fraction of sp³-hybridized carbons (Fsp3) is 0.238. The Labute approximate surface area is 147 Å². The lowest BCUT2D eigenvalue weighted by Crippen LogP contribution is -2.36. The van der Waals surface area contributed by atoms with Gasteiger partial charge in [-0.1, -0.05) is 18.2 Å². The van der Waals surface area contributed by atoms with E-state index in [0.717, 1.165) is 47.4 Å². The zero-order valence-electron chi connectivity index (χ0n) is 14.5. The third-order valence-corrected chi connectivity index (χ3v) is 4.80. The van der Waals surface area contributed by atoms with Gasteiger partial charge in [0.05, 0.1) is 23.9 Å². The highest BCUT2D eigenvalue weighted by Gasteiger charge is 2.25. The number of methoxy groups -OCH3 is 1. The average molecular weight is 332 g/mol. The number of aryl methyl sites for hydroxylation is 2. The highest BCUT2D eigenvalue weighted by Crippen LogP contribution is 2.29. The Morgan fingerprint density at radius 3 is 2.84 bits per heavy atom. The molecule has 0 atom stereocenters. The molecule has 1 aliphatic heterocycles. The number of para-hydroxylation sites is 1. The van der Waals surface area contributed by atoms with Gasteiger partial charge in [-0.25, -0.2) is 0 Å². The van der Waals surface area contributed by atoms with Crippen LogP contribution in [0.15, 0.2) is 48.5 Å². The van der Waals surface area contributed by atoms with Crippen molar-refractivity contribution in [1.82, 2.24) is 4.98 Å². The highest BCUT2D eigenvalue weighted by molar-refractivity contribution is 6.09. The average Bonchev–Trinajstić information content (AvgIpc) is 2.66. The molecule has 1 aromatic heterocycles. The number of hydrogen-bond acceptors (Lipinski definition) is 3. The van der Waals surface area contributed by atoms with Crippen molar-refractivity contribution >= 4 is 22.5 Å². The number of fused-ring (bicyclic) bond motifs is 2. The number of rotatable bonds is 2. The van der Waals surface area contributed by atoms with Crippen LogP contribution in [-0.2, 0) is 6.42 Å². The van der Waals surface area contributed by atoms with Crippen LogP contribution in [0.25, 0.3) is 10.9 Å². The lowest BCUT2D eigenvalue weighted by molar-refractivity contribution is 0.0984. The van der Waals surface area contributed by atoms with Crippen LogP contribution in [0, 0.1) is 6.92 Å². The third kappa shape index (κ3) is 2.74. The van der Waals surface area contributed by atoms with Crippen molar-refractivity contribution in [2.24, 2.45) is 0 Å². The maximum atomic E-state index is 13.2. The summed E-state index contributed by atoms with van der Waals surface area (Å²) in [5, 5.41) is 0.915. The van der Waals surface area contributed by atoms with Crippen LogP contribution >= 0.6 is 0 Å². The molecule has 4 nitrogen and oxygen atoms in total. The third-order valence-electron chi connectivity index (χ3n) is 4.80. The van der Waals surface area contributed by atoms with Crippen LogP contribution in [-0.4, -0.2) is 24.5 Å². The lowest BCUT2D eigenvalue weighted by atomic mass is 10.00. The van der Waals surface area contributed by atoms with E-state index in [2.05, 4.69) is 11.1 Å². The van der Waals surface area contributed by atoms with Gasteiger partial charge < -0.3 is 9.64 Å². The molecule has 4 rings (SSSR count). The molecule has 2 aromatic carbocycles. The molecule has 1 amide bonds. The molecule has 0 radical (unpaired) electrons. The second kappa shape index (κ2) is 6.20. The quantitative estimate of drug-likeness (QED) is 0.708. The fourth-order valence-corrected chi connectivity index (χ4v) is 3.48. The van der Waals surface area contributed by atoms with E-state index in [1.807, 2.05) is 54.3 Å². The van der Waals surface area contributed by atoms with Crippen LogP contribution < -0.4 is 9.64 Å². The summed E-state index contributed by atoms with van der Waals surface area (Å²) in [6, 6.07) is 15.8. The van der Waals surface area contributed by atoms with E-state index in [4.69, 9.17) is 4.74 Å². The number of nitrogens with zero attached hydrogens (tertiary/aromatic N) is 2. The summed E-state index contributed by atoms with van der Waals surface area (Å²) in [6.07, 6.45) is 2.00. The van der Waals surface area contributed by atoms with Gasteiger partial charge in [-0.2, -0.15) is 0 Å². The molecule has 0 aliphatic carbocycles. The Hall–Kier alpha value is -2.88. The van der Waals surface area contributed by atoms with Gasteiger partial charge in [0.25, 0.3) is 5.91 Å². The largest absolute Gasteiger partial charge is 0.497 e. The molecule has 3 aromatic rings. The second-order valence-corrected chi connectivity index (χ2v) is 6.37. The highest BCUT2D eigenvalue weighted by atomic mass is 16.5. The van der Waals surface area contributed by atoms with Crippen molar-refractivity contribution in [2.45, 2.75) is 19.8 Å². The Morgan fingerprint density at radius 1 is 1.16 bits per heavy atom. The van der Waals surface area contributed by atoms with Gasteiger partial charge in [-0.05, 0) is 55.7 Å². The summed E-state index contributed by atoms with van der Waals surface area (Å²) >= 11 is 0. The topological polar surface area (TPSA) is 42.4 Å². The summed E-state index contributed by atoms with van der Waals surface area (Å²) in [4.78, 5) is 19.7. The van der Waals surface area contributed by atoms with E-state index in [-0.39, 0.29) is 5.91 Å². The minimum Gasteiger partial charge on any atom is -0.497 e. The number of carbonyl (C=O) groups is 1. The van der Waals surface area contributed by atoms with Crippen molar-refractivity contribution in [3.63, 3.8) is 0 Å². The smallest absolute Gasteiger partial charge is 0.260 e. The first-order valence-electron chi connectivity index (χ1n) is 8.52. The maximum absolute atomic E-state index is 13.2. The van der Waals surface area contributed by atoms with Crippen molar-refractivity contribution < 1.29 is 9.53 Å². The van der Waals surface area contributed by atoms with Gasteiger partial charge in [-0.3, -0.25) is 9.78 Å². The predicted octanol–water partition coefficient (Wildman–Crippen LogP) is 4.14. The zero-order chi connectivity index (χ0) is 17.4. The second-order valence-electron chi connectivity index (χ2n) is 6.37. The number of ether oxygens (including phenoxy) is 1. The van der Waals surface area contributed by atoms with E-state index in [0.29, 0.717) is 5.56 Å². The molecule has 0 unspecified atom stereocenters. The number of amides is 1. The van der Waals surface area contributed by atoms with Gasteiger partial charge in [0, 0.05) is 17.6 Å². The van der Waals surface area contributed by atoms with Gasteiger partial charge >= 0.3 is 0 Å². The molecule has 0 bridgehead atoms. The Kier molecular flexibility index (Phi) is 3.88. The zero-order valence-corrected chi connectivity index (χ0v) is 14.5. The standard InChI is InChI=1S/C21H20N2O2/c1-14-18(13-16-12-17(25-2)9-10-19(16)22-14)21(24)23-11-5-7-15-6-3-4-8-20(15)23/h3-4,6,8-10,12-13H,5,7,11H2,1-2H3. The molecular formula is C21H20N2O2. The van der Waals surface area contributed by atoms with Crippen LogP contribution in [0.4, 0.5) is 5.69 Å². The van der Waals surface area contributed by atoms with E-state index in [1.54, 1.807) is 7.11 Å². The first-order valence-corrected chi connectivity index (χ1v) is 8.52. The molecule has 25 heavy (non-hydrogen) atoms. The van der Waals surface area contributed by atoms with E-state index >= 15 is 0 Å². The minimum atomic E-state index is 0.0156.